The Morgan fingerprint density at radius 3 is 2.20 bits per heavy atom. The average Bonchev–Trinajstić information content (AvgIpc) is 3.63. The highest BCUT2D eigenvalue weighted by Gasteiger charge is 2.30. The number of benzene rings is 4. The molecule has 0 saturated heterocycles. The second-order valence-electron chi connectivity index (χ2n) is 10.5. The number of hydrogen-bond acceptors (Lipinski definition) is 7. The van der Waals surface area contributed by atoms with E-state index in [1.54, 1.807) is 66.7 Å². The molecule has 0 aliphatic heterocycles. The number of fused-ring (bicyclic) bond motifs is 1. The molecule has 0 spiro atoms. The predicted molar refractivity (Wildman–Crippen MR) is 177 cm³/mol. The number of aryl methyl sites for hydroxylation is 1. The summed E-state index contributed by atoms with van der Waals surface area (Å²) in [7, 11) is -7.90. The number of nitrogens with one attached hydrogen (secondary N) is 1. The van der Waals surface area contributed by atoms with Crippen molar-refractivity contribution >= 4 is 48.2 Å². The molecule has 2 heterocycles. The molecular weight excluding hydrogens is 627 g/mol. The molecule has 0 unspecified atom stereocenters. The number of carbonyl (C=O) groups excluding carboxylic acids is 1. The van der Waals surface area contributed by atoms with E-state index in [1.807, 2.05) is 47.4 Å². The molecule has 45 heavy (non-hydrogen) atoms. The standard InChI is InChI=1S/C34H25N3O5S3/c1-22-13-15-27(16-14-22)45(41,42)37-30-12-4-3-11-28(30)32(29-17-18-43-31(29)21-35)33(37)25-9-5-7-23(19-25)24-8-6-10-26(20-24)34(38)36-44(2,39)40/h3-20H,1-2H3,(H,36,38). The number of aromatic nitrogens is 1. The summed E-state index contributed by atoms with van der Waals surface area (Å²) in [5.74, 6) is -0.761. The fourth-order valence-corrected chi connectivity index (χ4v) is 8.01. The van der Waals surface area contributed by atoms with Gasteiger partial charge in [-0.2, -0.15) is 5.26 Å². The molecule has 4 aromatic carbocycles. The number of carbonyl (C=O) groups is 1. The number of para-hydroxylation sites is 1. The lowest BCUT2D eigenvalue weighted by atomic mass is 9.96. The van der Waals surface area contributed by atoms with Crippen molar-refractivity contribution < 1.29 is 21.6 Å². The summed E-state index contributed by atoms with van der Waals surface area (Å²) < 4.78 is 55.6. The minimum atomic E-state index is -4.14. The van der Waals surface area contributed by atoms with Crippen LogP contribution in [0.3, 0.4) is 0 Å². The summed E-state index contributed by atoms with van der Waals surface area (Å²) in [5.41, 5.74) is 5.01. The molecule has 2 aromatic heterocycles. The van der Waals surface area contributed by atoms with Crippen LogP contribution in [0.5, 0.6) is 0 Å². The molecule has 0 bridgehead atoms. The normalized spacial score (nSPS) is 11.8. The Labute approximate surface area is 264 Å². The highest BCUT2D eigenvalue weighted by molar-refractivity contribution is 7.90. The van der Waals surface area contributed by atoms with E-state index in [0.29, 0.717) is 49.3 Å². The van der Waals surface area contributed by atoms with Crippen LogP contribution in [-0.4, -0.2) is 33.0 Å². The Morgan fingerprint density at radius 1 is 0.822 bits per heavy atom. The quantitative estimate of drug-likeness (QED) is 0.202. The van der Waals surface area contributed by atoms with Gasteiger partial charge in [0, 0.05) is 27.6 Å². The number of amides is 1. The first-order chi connectivity index (χ1) is 21.5. The van der Waals surface area contributed by atoms with Crippen LogP contribution in [0.4, 0.5) is 0 Å². The molecule has 6 aromatic rings. The van der Waals surface area contributed by atoms with Crippen LogP contribution in [0.25, 0.3) is 44.4 Å². The van der Waals surface area contributed by atoms with Gasteiger partial charge in [0.2, 0.25) is 10.0 Å². The first-order valence-electron chi connectivity index (χ1n) is 13.6. The van der Waals surface area contributed by atoms with Crippen molar-refractivity contribution in [1.82, 2.24) is 8.69 Å². The van der Waals surface area contributed by atoms with Crippen LogP contribution >= 0.6 is 11.3 Å². The Balaban J connectivity index is 1.63. The minimum Gasteiger partial charge on any atom is -0.268 e. The van der Waals surface area contributed by atoms with Gasteiger partial charge in [0.25, 0.3) is 15.9 Å². The number of hydrogen-bond donors (Lipinski definition) is 1. The molecule has 0 saturated carbocycles. The van der Waals surface area contributed by atoms with Gasteiger partial charge in [0.1, 0.15) is 10.9 Å². The summed E-state index contributed by atoms with van der Waals surface area (Å²) in [6.07, 6.45) is 0.908. The zero-order valence-electron chi connectivity index (χ0n) is 24.1. The van der Waals surface area contributed by atoms with Crippen LogP contribution in [0.2, 0.25) is 0 Å². The van der Waals surface area contributed by atoms with E-state index in [-0.39, 0.29) is 10.5 Å². The van der Waals surface area contributed by atoms with Crippen molar-refractivity contribution in [2.24, 2.45) is 0 Å². The van der Waals surface area contributed by atoms with Gasteiger partial charge >= 0.3 is 0 Å². The van der Waals surface area contributed by atoms with Crippen molar-refractivity contribution in [3.8, 4) is 39.6 Å². The van der Waals surface area contributed by atoms with Gasteiger partial charge < -0.3 is 0 Å². The number of nitriles is 1. The molecule has 0 aliphatic rings. The average molecular weight is 652 g/mol. The third-order valence-electron chi connectivity index (χ3n) is 7.30. The molecule has 8 nitrogen and oxygen atoms in total. The van der Waals surface area contributed by atoms with Gasteiger partial charge in [0.05, 0.1) is 22.4 Å². The van der Waals surface area contributed by atoms with Gasteiger partial charge in [-0.3, -0.25) is 4.79 Å². The van der Waals surface area contributed by atoms with Crippen molar-refractivity contribution in [2.45, 2.75) is 11.8 Å². The first kappa shape index (κ1) is 30.0. The first-order valence-corrected chi connectivity index (χ1v) is 17.9. The van der Waals surface area contributed by atoms with Gasteiger partial charge in [-0.25, -0.2) is 25.5 Å². The minimum absolute atomic E-state index is 0.119. The van der Waals surface area contributed by atoms with E-state index >= 15 is 0 Å². The summed E-state index contributed by atoms with van der Waals surface area (Å²) in [4.78, 5) is 13.2. The van der Waals surface area contributed by atoms with Crippen LogP contribution in [0, 0.1) is 18.3 Å². The molecular formula is C34H25N3O5S3. The van der Waals surface area contributed by atoms with E-state index in [1.165, 1.54) is 21.4 Å². The molecule has 0 aliphatic carbocycles. The lowest BCUT2D eigenvalue weighted by Crippen LogP contribution is -2.29. The van der Waals surface area contributed by atoms with Crippen molar-refractivity contribution in [2.75, 3.05) is 6.26 Å². The smallest absolute Gasteiger partial charge is 0.268 e. The summed E-state index contributed by atoms with van der Waals surface area (Å²) in [6, 6.07) is 31.7. The third kappa shape index (κ3) is 5.67. The Morgan fingerprint density at radius 2 is 1.49 bits per heavy atom. The molecule has 6 rings (SSSR count). The fraction of sp³-hybridized carbons (Fsp3) is 0.0588. The molecule has 1 amide bonds. The van der Waals surface area contributed by atoms with Crippen LogP contribution in [-0.2, 0) is 20.0 Å². The van der Waals surface area contributed by atoms with Gasteiger partial charge in [-0.05, 0) is 65.9 Å². The number of sulfonamides is 1. The van der Waals surface area contributed by atoms with Crippen molar-refractivity contribution in [3.63, 3.8) is 0 Å². The van der Waals surface area contributed by atoms with E-state index in [9.17, 15) is 26.9 Å². The maximum absolute atomic E-state index is 14.5. The lowest BCUT2D eigenvalue weighted by molar-refractivity contribution is 0.0981. The van der Waals surface area contributed by atoms with Crippen LogP contribution < -0.4 is 4.72 Å². The fourth-order valence-electron chi connectivity index (χ4n) is 5.32. The second-order valence-corrected chi connectivity index (χ2v) is 14.9. The topological polar surface area (TPSA) is 126 Å². The lowest BCUT2D eigenvalue weighted by Gasteiger charge is -2.15. The Bertz CT molecular complexity index is 2380. The maximum Gasteiger partial charge on any atom is 0.268 e. The Kier molecular flexibility index (Phi) is 7.66. The summed E-state index contributed by atoms with van der Waals surface area (Å²) >= 11 is 1.28. The maximum atomic E-state index is 14.5. The highest BCUT2D eigenvalue weighted by atomic mass is 32.2. The SMILES string of the molecule is Cc1ccc(S(=O)(=O)n2c(-c3cccc(-c4cccc(C(=O)NS(C)(=O)=O)c4)c3)c(-c3ccsc3C#N)c3ccccc32)cc1. The highest BCUT2D eigenvalue weighted by Crippen LogP contribution is 2.45. The number of nitrogens with zero attached hydrogens (tertiary/aromatic N) is 2. The van der Waals surface area contributed by atoms with Crippen LogP contribution in [0.15, 0.2) is 113 Å². The summed E-state index contributed by atoms with van der Waals surface area (Å²) in [5, 5.41) is 12.4. The number of thiophene rings is 1. The van der Waals surface area contributed by atoms with E-state index in [0.717, 1.165) is 11.8 Å². The van der Waals surface area contributed by atoms with Gasteiger partial charge in [-0.1, -0.05) is 66.2 Å². The molecule has 0 atom stereocenters. The zero-order valence-corrected chi connectivity index (χ0v) is 26.5. The molecule has 11 heteroatoms. The van der Waals surface area contributed by atoms with Crippen LogP contribution in [0.1, 0.15) is 20.8 Å². The van der Waals surface area contributed by atoms with Crippen molar-refractivity contribution in [3.05, 3.63) is 125 Å². The predicted octanol–water partition coefficient (Wildman–Crippen LogP) is 6.81. The Hall–Kier alpha value is -5.02. The van der Waals surface area contributed by atoms with E-state index in [4.69, 9.17) is 0 Å². The molecule has 1 N–H and O–H groups in total. The van der Waals surface area contributed by atoms with Gasteiger partial charge in [0.15, 0.2) is 0 Å². The second kappa shape index (κ2) is 11.5. The van der Waals surface area contributed by atoms with Gasteiger partial charge in [-0.15, -0.1) is 11.3 Å². The largest absolute Gasteiger partial charge is 0.268 e. The monoisotopic (exact) mass is 651 g/mol. The third-order valence-corrected chi connectivity index (χ3v) is 10.4. The van der Waals surface area contributed by atoms with E-state index < -0.39 is 26.0 Å². The number of rotatable bonds is 7. The molecule has 0 fully saturated rings. The van der Waals surface area contributed by atoms with E-state index in [2.05, 4.69) is 6.07 Å². The summed E-state index contributed by atoms with van der Waals surface area (Å²) in [6.45, 7) is 1.89. The van der Waals surface area contributed by atoms with Crippen molar-refractivity contribution in [1.29, 1.82) is 5.26 Å². The zero-order chi connectivity index (χ0) is 31.9. The molecule has 0 radical (unpaired) electrons. The molecule has 224 valence electrons.